The highest BCUT2D eigenvalue weighted by Crippen LogP contribution is 2.37. The van der Waals surface area contributed by atoms with Crippen molar-refractivity contribution in [3.05, 3.63) is 108 Å². The largest absolute Gasteiger partial charge is 0.496 e. The van der Waals surface area contributed by atoms with E-state index in [9.17, 15) is 9.59 Å². The summed E-state index contributed by atoms with van der Waals surface area (Å²) in [5.74, 6) is 0.221. The molecule has 0 radical (unpaired) electrons. The first kappa shape index (κ1) is 24.0. The van der Waals surface area contributed by atoms with E-state index in [0.29, 0.717) is 31.4 Å². The molecule has 1 aromatic heterocycles. The standard InChI is InChI=1S/C28H23ClN2O4S/c1-4-35-27(33)24-16(2)30-28-31(26(32)23(36-28)15-17-9-11-18(29)12-10-17)25(24)21-13-14-22(34-3)20-8-6-5-7-19(20)21/h5-15,25H,4H2,1-3H3/b23-15-. The molecule has 0 spiro atoms. The zero-order chi connectivity index (χ0) is 25.4. The summed E-state index contributed by atoms with van der Waals surface area (Å²) < 4.78 is 13.1. The van der Waals surface area contributed by atoms with Crippen LogP contribution in [-0.2, 0) is 9.53 Å². The minimum absolute atomic E-state index is 0.215. The second-order valence-electron chi connectivity index (χ2n) is 8.26. The van der Waals surface area contributed by atoms with Crippen LogP contribution in [0.1, 0.15) is 31.0 Å². The highest BCUT2D eigenvalue weighted by Gasteiger charge is 2.34. The zero-order valence-corrected chi connectivity index (χ0v) is 21.5. The van der Waals surface area contributed by atoms with Gasteiger partial charge < -0.3 is 9.47 Å². The van der Waals surface area contributed by atoms with Crippen molar-refractivity contribution in [2.24, 2.45) is 4.99 Å². The smallest absolute Gasteiger partial charge is 0.338 e. The molecule has 1 atom stereocenters. The van der Waals surface area contributed by atoms with E-state index in [2.05, 4.69) is 4.99 Å². The summed E-state index contributed by atoms with van der Waals surface area (Å²) in [6, 6.07) is 18.1. The molecule has 0 saturated carbocycles. The Morgan fingerprint density at radius 1 is 1.11 bits per heavy atom. The predicted octanol–water partition coefficient (Wildman–Crippen LogP) is 4.61. The lowest BCUT2D eigenvalue weighted by Crippen LogP contribution is -2.40. The number of allylic oxidation sites excluding steroid dienone is 1. The van der Waals surface area contributed by atoms with Crippen LogP contribution in [0, 0.1) is 0 Å². The van der Waals surface area contributed by atoms with Gasteiger partial charge in [0, 0.05) is 10.4 Å². The summed E-state index contributed by atoms with van der Waals surface area (Å²) in [6.45, 7) is 3.75. The molecule has 0 saturated heterocycles. The van der Waals surface area contributed by atoms with Gasteiger partial charge in [-0.05, 0) is 54.6 Å². The van der Waals surface area contributed by atoms with Gasteiger partial charge in [-0.3, -0.25) is 9.36 Å². The Labute approximate surface area is 216 Å². The number of hydrogen-bond acceptors (Lipinski definition) is 6. The molecule has 1 unspecified atom stereocenters. The molecule has 0 aliphatic carbocycles. The summed E-state index contributed by atoms with van der Waals surface area (Å²) in [5, 5.41) is 2.39. The van der Waals surface area contributed by atoms with E-state index < -0.39 is 12.0 Å². The van der Waals surface area contributed by atoms with Crippen molar-refractivity contribution < 1.29 is 14.3 Å². The first-order chi connectivity index (χ1) is 17.4. The lowest BCUT2D eigenvalue weighted by atomic mass is 9.91. The van der Waals surface area contributed by atoms with E-state index in [4.69, 9.17) is 21.1 Å². The van der Waals surface area contributed by atoms with Gasteiger partial charge in [-0.15, -0.1) is 0 Å². The van der Waals surface area contributed by atoms with Crippen LogP contribution in [0.5, 0.6) is 5.75 Å². The van der Waals surface area contributed by atoms with E-state index in [-0.39, 0.29) is 12.2 Å². The van der Waals surface area contributed by atoms with Crippen molar-refractivity contribution in [2.75, 3.05) is 13.7 Å². The first-order valence-electron chi connectivity index (χ1n) is 11.4. The second kappa shape index (κ2) is 9.76. The Kier molecular flexibility index (Phi) is 6.51. The van der Waals surface area contributed by atoms with Gasteiger partial charge in [0.2, 0.25) is 0 Å². The maximum Gasteiger partial charge on any atom is 0.338 e. The molecule has 0 bridgehead atoms. The van der Waals surface area contributed by atoms with Gasteiger partial charge in [-0.2, -0.15) is 0 Å². The van der Waals surface area contributed by atoms with E-state index in [1.807, 2.05) is 54.6 Å². The average molecular weight is 519 g/mol. The number of carbonyl (C=O) groups excluding carboxylic acids is 1. The Bertz CT molecular complexity index is 1700. The normalized spacial score (nSPS) is 15.6. The molecule has 1 aliphatic rings. The SMILES string of the molecule is CCOC(=O)C1=C(C)N=c2s/c(=C\c3ccc(Cl)cc3)c(=O)n2C1c1ccc(OC)c2ccccc12. The number of ether oxygens (including phenoxy) is 2. The van der Waals surface area contributed by atoms with E-state index in [1.165, 1.54) is 11.3 Å². The molecule has 6 nitrogen and oxygen atoms in total. The molecule has 182 valence electrons. The third-order valence-corrected chi connectivity index (χ3v) is 7.35. The summed E-state index contributed by atoms with van der Waals surface area (Å²) in [7, 11) is 1.62. The number of hydrogen-bond donors (Lipinski definition) is 0. The quantitative estimate of drug-likeness (QED) is 0.362. The van der Waals surface area contributed by atoms with Crippen LogP contribution in [-0.4, -0.2) is 24.3 Å². The Hall–Kier alpha value is -3.68. The molecular weight excluding hydrogens is 496 g/mol. The van der Waals surface area contributed by atoms with Gasteiger partial charge in [0.25, 0.3) is 5.56 Å². The van der Waals surface area contributed by atoms with E-state index in [1.54, 1.807) is 37.7 Å². The second-order valence-corrected chi connectivity index (χ2v) is 9.70. The number of aromatic nitrogens is 1. The minimum atomic E-state index is -0.705. The van der Waals surface area contributed by atoms with Crippen LogP contribution in [0.2, 0.25) is 5.02 Å². The fraction of sp³-hybridized carbons (Fsp3) is 0.179. The van der Waals surface area contributed by atoms with Gasteiger partial charge in [0.15, 0.2) is 4.80 Å². The number of carbonyl (C=O) groups is 1. The summed E-state index contributed by atoms with van der Waals surface area (Å²) >= 11 is 7.31. The number of methoxy groups -OCH3 is 1. The number of rotatable bonds is 5. The van der Waals surface area contributed by atoms with Gasteiger partial charge in [0.1, 0.15) is 5.75 Å². The highest BCUT2D eigenvalue weighted by molar-refractivity contribution is 7.07. The fourth-order valence-electron chi connectivity index (χ4n) is 4.51. The van der Waals surface area contributed by atoms with Gasteiger partial charge >= 0.3 is 5.97 Å². The van der Waals surface area contributed by atoms with Crippen molar-refractivity contribution >= 4 is 45.8 Å². The molecule has 0 amide bonds. The molecule has 3 aromatic carbocycles. The minimum Gasteiger partial charge on any atom is -0.496 e. The predicted molar refractivity (Wildman–Crippen MR) is 142 cm³/mol. The van der Waals surface area contributed by atoms with Gasteiger partial charge in [-0.25, -0.2) is 9.79 Å². The fourth-order valence-corrected chi connectivity index (χ4v) is 5.68. The average Bonchev–Trinajstić information content (AvgIpc) is 3.18. The van der Waals surface area contributed by atoms with E-state index >= 15 is 0 Å². The Balaban J connectivity index is 1.81. The lowest BCUT2D eigenvalue weighted by Gasteiger charge is -2.26. The molecule has 5 rings (SSSR count). The van der Waals surface area contributed by atoms with Crippen LogP contribution in [0.25, 0.3) is 16.8 Å². The number of fused-ring (bicyclic) bond motifs is 2. The molecule has 36 heavy (non-hydrogen) atoms. The molecular formula is C28H23ClN2O4S. The maximum atomic E-state index is 13.8. The number of thiazole rings is 1. The maximum absolute atomic E-state index is 13.8. The van der Waals surface area contributed by atoms with Crippen LogP contribution in [0.15, 0.2) is 81.7 Å². The number of halogens is 1. The topological polar surface area (TPSA) is 69.9 Å². The summed E-state index contributed by atoms with van der Waals surface area (Å²) in [6.07, 6.45) is 1.81. The lowest BCUT2D eigenvalue weighted by molar-refractivity contribution is -0.139. The van der Waals surface area contributed by atoms with Crippen molar-refractivity contribution in [1.82, 2.24) is 4.57 Å². The van der Waals surface area contributed by atoms with Crippen LogP contribution in [0.3, 0.4) is 0 Å². The Morgan fingerprint density at radius 3 is 2.53 bits per heavy atom. The monoisotopic (exact) mass is 518 g/mol. The molecule has 0 fully saturated rings. The van der Waals surface area contributed by atoms with Gasteiger partial charge in [0.05, 0.1) is 35.6 Å². The number of benzene rings is 3. The molecule has 0 N–H and O–H groups in total. The molecule has 8 heteroatoms. The third kappa shape index (κ3) is 4.14. The molecule has 2 heterocycles. The van der Waals surface area contributed by atoms with Gasteiger partial charge in [-0.1, -0.05) is 65.4 Å². The highest BCUT2D eigenvalue weighted by atomic mass is 35.5. The Morgan fingerprint density at radius 2 is 1.83 bits per heavy atom. The first-order valence-corrected chi connectivity index (χ1v) is 12.6. The number of esters is 1. The van der Waals surface area contributed by atoms with E-state index in [0.717, 1.165) is 21.9 Å². The summed E-state index contributed by atoms with van der Waals surface area (Å²) in [5.41, 5.74) is 2.28. The molecule has 1 aliphatic heterocycles. The van der Waals surface area contributed by atoms with Crippen molar-refractivity contribution in [3.63, 3.8) is 0 Å². The number of nitrogens with zero attached hydrogens (tertiary/aromatic N) is 2. The summed E-state index contributed by atoms with van der Waals surface area (Å²) in [4.78, 5) is 32.2. The third-order valence-electron chi connectivity index (χ3n) is 6.12. The van der Waals surface area contributed by atoms with Crippen LogP contribution < -0.4 is 19.6 Å². The van der Waals surface area contributed by atoms with Crippen molar-refractivity contribution in [2.45, 2.75) is 19.9 Å². The van der Waals surface area contributed by atoms with Crippen molar-refractivity contribution in [1.29, 1.82) is 0 Å². The van der Waals surface area contributed by atoms with Crippen LogP contribution >= 0.6 is 22.9 Å². The molecule has 4 aromatic rings. The van der Waals surface area contributed by atoms with Crippen molar-refractivity contribution in [3.8, 4) is 5.75 Å². The zero-order valence-electron chi connectivity index (χ0n) is 19.9. The van der Waals surface area contributed by atoms with Crippen LogP contribution in [0.4, 0.5) is 0 Å².